The molecule has 0 aliphatic carbocycles. The first kappa shape index (κ1) is 22.9. The molecule has 0 fully saturated rings. The number of nitrogens with one attached hydrogen (secondary N) is 1. The van der Waals surface area contributed by atoms with E-state index in [4.69, 9.17) is 4.74 Å². The van der Waals surface area contributed by atoms with E-state index in [-0.39, 0.29) is 18.7 Å². The third-order valence-corrected chi connectivity index (χ3v) is 5.03. The summed E-state index contributed by atoms with van der Waals surface area (Å²) in [6.45, 7) is 0.558. The van der Waals surface area contributed by atoms with Crippen LogP contribution in [0.15, 0.2) is 36.4 Å². The zero-order chi connectivity index (χ0) is 23.0. The number of likely N-dealkylation sites (N-methyl/N-ethyl adjacent to an activating group) is 1. The highest BCUT2D eigenvalue weighted by Crippen LogP contribution is 2.36. The molecule has 0 radical (unpaired) electrons. The van der Waals surface area contributed by atoms with E-state index in [2.05, 4.69) is 5.32 Å². The van der Waals surface area contributed by atoms with Crippen molar-refractivity contribution in [2.75, 3.05) is 27.2 Å². The number of carbonyl (C=O) groups excluding carboxylic acids is 1. The number of hydrogen-bond donors (Lipinski definition) is 1. The Morgan fingerprint density at radius 1 is 1.03 bits per heavy atom. The number of benzene rings is 2. The van der Waals surface area contributed by atoms with Gasteiger partial charge in [-0.15, -0.1) is 0 Å². The number of alkyl halides is 6. The molecule has 1 atom stereocenters. The van der Waals surface area contributed by atoms with Gasteiger partial charge in [0.1, 0.15) is 5.75 Å². The lowest BCUT2D eigenvalue weighted by Gasteiger charge is -2.25. The van der Waals surface area contributed by atoms with Gasteiger partial charge in [-0.2, -0.15) is 26.3 Å². The van der Waals surface area contributed by atoms with Gasteiger partial charge in [-0.05, 0) is 49.5 Å². The summed E-state index contributed by atoms with van der Waals surface area (Å²) >= 11 is 0. The highest BCUT2D eigenvalue weighted by Gasteiger charge is 2.37. The third kappa shape index (κ3) is 5.30. The molecule has 10 heteroatoms. The highest BCUT2D eigenvalue weighted by molar-refractivity contribution is 5.94. The van der Waals surface area contributed by atoms with Crippen LogP contribution in [0.3, 0.4) is 0 Å². The lowest BCUT2D eigenvalue weighted by Crippen LogP contribution is -2.34. The molecule has 1 N–H and O–H groups in total. The first-order valence-corrected chi connectivity index (χ1v) is 9.36. The van der Waals surface area contributed by atoms with Gasteiger partial charge in [-0.1, -0.05) is 12.1 Å². The molecule has 0 aromatic heterocycles. The van der Waals surface area contributed by atoms with E-state index in [0.717, 1.165) is 23.3 Å². The Kier molecular flexibility index (Phi) is 6.22. The van der Waals surface area contributed by atoms with E-state index in [1.807, 2.05) is 12.1 Å². The van der Waals surface area contributed by atoms with E-state index in [1.54, 1.807) is 25.1 Å². The summed E-state index contributed by atoms with van der Waals surface area (Å²) in [5, 5.41) is 2.46. The quantitative estimate of drug-likeness (QED) is 0.678. The fraction of sp³-hybridized carbons (Fsp3) is 0.381. The van der Waals surface area contributed by atoms with Crippen LogP contribution in [0.25, 0.3) is 0 Å². The molecule has 0 saturated heterocycles. The van der Waals surface area contributed by atoms with Crippen LogP contribution in [0, 0.1) is 0 Å². The molecule has 168 valence electrons. The van der Waals surface area contributed by atoms with Gasteiger partial charge in [0.15, 0.2) is 0 Å². The van der Waals surface area contributed by atoms with Crippen LogP contribution in [0.2, 0.25) is 0 Å². The van der Waals surface area contributed by atoms with Crippen molar-refractivity contribution in [2.24, 2.45) is 0 Å². The largest absolute Gasteiger partial charge is 0.493 e. The van der Waals surface area contributed by atoms with Gasteiger partial charge in [0.2, 0.25) is 0 Å². The van der Waals surface area contributed by atoms with Gasteiger partial charge in [0.05, 0.1) is 23.8 Å². The van der Waals surface area contributed by atoms with Crippen LogP contribution >= 0.6 is 0 Å². The number of ether oxygens (including phenoxy) is 1. The summed E-state index contributed by atoms with van der Waals surface area (Å²) < 4.78 is 83.7. The predicted molar refractivity (Wildman–Crippen MR) is 101 cm³/mol. The average molecular weight is 446 g/mol. The summed E-state index contributed by atoms with van der Waals surface area (Å²) in [6, 6.07) is 6.02. The van der Waals surface area contributed by atoms with Crippen LogP contribution in [0.4, 0.5) is 26.3 Å². The maximum Gasteiger partial charge on any atom is 0.416 e. The van der Waals surface area contributed by atoms with Crippen molar-refractivity contribution in [2.45, 2.75) is 24.8 Å². The molecule has 3 rings (SSSR count). The van der Waals surface area contributed by atoms with Crippen LogP contribution in [-0.2, 0) is 18.8 Å². The van der Waals surface area contributed by atoms with E-state index >= 15 is 0 Å². The molecule has 0 bridgehead atoms. The van der Waals surface area contributed by atoms with Gasteiger partial charge in [0.25, 0.3) is 5.91 Å². The molecule has 31 heavy (non-hydrogen) atoms. The molecule has 1 heterocycles. The second kappa shape index (κ2) is 8.41. The minimum atomic E-state index is -5.02. The molecule has 1 aliphatic heterocycles. The smallest absolute Gasteiger partial charge is 0.416 e. The summed E-state index contributed by atoms with van der Waals surface area (Å²) in [5.41, 5.74) is -1.93. The monoisotopic (exact) mass is 446 g/mol. The maximum absolute atomic E-state index is 13.0. The van der Waals surface area contributed by atoms with Crippen molar-refractivity contribution in [1.29, 1.82) is 0 Å². The van der Waals surface area contributed by atoms with Crippen molar-refractivity contribution >= 4 is 5.91 Å². The predicted octanol–water partition coefficient (Wildman–Crippen LogP) is 4.69. The number of rotatable bonds is 5. The van der Waals surface area contributed by atoms with Crippen LogP contribution in [0.5, 0.6) is 5.75 Å². The molecule has 2 aromatic rings. The normalized spacial score (nSPS) is 14.9. The Hall–Kier alpha value is -2.75. The molecule has 0 saturated carbocycles. The number of fused-ring (bicyclic) bond motifs is 1. The topological polar surface area (TPSA) is 41.6 Å². The average Bonchev–Trinajstić information content (AvgIpc) is 3.14. The Bertz CT molecular complexity index is 937. The van der Waals surface area contributed by atoms with Crippen LogP contribution < -0.4 is 10.1 Å². The standard InChI is InChI=1S/C21H20F6N2O2/c1-29(2)17(12-3-4-18-13(7-12)5-6-31-18)11-28-19(30)14-8-15(20(22,23)24)10-16(9-14)21(25,26)27/h3-4,7-10,17H,5-6,11H2,1-2H3,(H,28,30). The van der Waals surface area contributed by atoms with Gasteiger partial charge in [-0.25, -0.2) is 0 Å². The van der Waals surface area contributed by atoms with E-state index in [1.165, 1.54) is 0 Å². The summed E-state index contributed by atoms with van der Waals surface area (Å²) in [4.78, 5) is 14.3. The number of halogens is 6. The van der Waals surface area contributed by atoms with Crippen LogP contribution in [0.1, 0.15) is 38.7 Å². The van der Waals surface area contributed by atoms with Crippen molar-refractivity contribution in [3.8, 4) is 5.75 Å². The maximum atomic E-state index is 13.0. The van der Waals surface area contributed by atoms with E-state index in [0.29, 0.717) is 18.7 Å². The summed E-state index contributed by atoms with van der Waals surface area (Å²) in [5.74, 6) is -0.248. The van der Waals surface area contributed by atoms with Crippen molar-refractivity contribution in [3.05, 3.63) is 64.2 Å². The van der Waals surface area contributed by atoms with E-state index in [9.17, 15) is 31.1 Å². The lowest BCUT2D eigenvalue weighted by molar-refractivity contribution is -0.143. The third-order valence-electron chi connectivity index (χ3n) is 5.03. The Morgan fingerprint density at radius 2 is 1.65 bits per heavy atom. The van der Waals surface area contributed by atoms with Gasteiger partial charge in [-0.3, -0.25) is 4.79 Å². The molecule has 1 amide bonds. The van der Waals surface area contributed by atoms with Crippen molar-refractivity contribution in [1.82, 2.24) is 10.2 Å². The number of carbonyl (C=O) groups is 1. The van der Waals surface area contributed by atoms with E-state index < -0.39 is 35.0 Å². The number of amides is 1. The molecule has 0 spiro atoms. The number of nitrogens with zero attached hydrogens (tertiary/aromatic N) is 1. The summed E-state index contributed by atoms with van der Waals surface area (Å²) in [7, 11) is 3.51. The first-order valence-electron chi connectivity index (χ1n) is 9.36. The molecule has 1 aliphatic rings. The molecular formula is C21H20F6N2O2. The molecule has 2 aromatic carbocycles. The highest BCUT2D eigenvalue weighted by atomic mass is 19.4. The second-order valence-electron chi connectivity index (χ2n) is 7.45. The second-order valence-corrected chi connectivity index (χ2v) is 7.45. The van der Waals surface area contributed by atoms with Gasteiger partial charge < -0.3 is 15.0 Å². The van der Waals surface area contributed by atoms with Gasteiger partial charge in [0, 0.05) is 18.5 Å². The van der Waals surface area contributed by atoms with Gasteiger partial charge >= 0.3 is 12.4 Å². The fourth-order valence-corrected chi connectivity index (χ4v) is 3.39. The Labute approximate surface area is 174 Å². The number of hydrogen-bond acceptors (Lipinski definition) is 3. The molecule has 4 nitrogen and oxygen atoms in total. The zero-order valence-corrected chi connectivity index (χ0v) is 16.7. The van der Waals surface area contributed by atoms with Crippen molar-refractivity contribution in [3.63, 3.8) is 0 Å². The Morgan fingerprint density at radius 3 is 2.19 bits per heavy atom. The molecule has 1 unspecified atom stereocenters. The van der Waals surface area contributed by atoms with Crippen LogP contribution in [-0.4, -0.2) is 38.1 Å². The SMILES string of the molecule is CN(C)C(CNC(=O)c1cc(C(F)(F)F)cc(C(F)(F)F)c1)c1ccc2c(c1)CCO2. The zero-order valence-electron chi connectivity index (χ0n) is 16.7. The molecular weight excluding hydrogens is 426 g/mol. The van der Waals surface area contributed by atoms with Crippen molar-refractivity contribution < 1.29 is 35.9 Å². The Balaban J connectivity index is 1.83. The minimum Gasteiger partial charge on any atom is -0.493 e. The first-order chi connectivity index (χ1) is 14.4. The summed E-state index contributed by atoms with van der Waals surface area (Å²) in [6.07, 6.45) is -9.30. The lowest BCUT2D eigenvalue weighted by atomic mass is 10.0. The fourth-order valence-electron chi connectivity index (χ4n) is 3.39. The minimum absolute atomic E-state index is 0.00792.